The van der Waals surface area contributed by atoms with E-state index < -0.39 is 0 Å². The van der Waals surface area contributed by atoms with Crippen LogP contribution in [0.15, 0.2) is 29.7 Å². The summed E-state index contributed by atoms with van der Waals surface area (Å²) in [5, 5.41) is 6.88. The fraction of sp³-hybridized carbons (Fsp3) is 0.550. The molecular formula is C20H28N8OS. The topological polar surface area (TPSA) is 99.2 Å². The quantitative estimate of drug-likeness (QED) is 0.352. The van der Waals surface area contributed by atoms with Crippen LogP contribution >= 0.6 is 11.8 Å². The summed E-state index contributed by atoms with van der Waals surface area (Å²) in [6.07, 6.45) is 8.15. The second-order valence-electron chi connectivity index (χ2n) is 7.40. The summed E-state index contributed by atoms with van der Waals surface area (Å²) in [6, 6.07) is 3.78. The summed E-state index contributed by atoms with van der Waals surface area (Å²) in [5.41, 5.74) is 0. The van der Waals surface area contributed by atoms with Crippen molar-refractivity contribution < 1.29 is 4.79 Å². The maximum atomic E-state index is 12.0. The van der Waals surface area contributed by atoms with Crippen molar-refractivity contribution in [3.05, 3.63) is 24.5 Å². The van der Waals surface area contributed by atoms with E-state index in [1.165, 1.54) is 37.4 Å². The SMILES string of the molecule is O=C(CSc1ncccn1)NCCNc1cc(N2CCCC2)nc(N2CCCC2)n1. The molecule has 4 heterocycles. The highest BCUT2D eigenvalue weighted by Gasteiger charge is 2.20. The molecule has 10 heteroatoms. The molecule has 2 fully saturated rings. The maximum absolute atomic E-state index is 12.0. The first-order valence-corrected chi connectivity index (χ1v) is 11.6. The Morgan fingerprint density at radius 1 is 0.967 bits per heavy atom. The van der Waals surface area contributed by atoms with E-state index >= 15 is 0 Å². The molecule has 2 aromatic rings. The van der Waals surface area contributed by atoms with Crippen LogP contribution in [0.4, 0.5) is 17.6 Å². The fourth-order valence-electron chi connectivity index (χ4n) is 3.61. The number of carbonyl (C=O) groups is 1. The summed E-state index contributed by atoms with van der Waals surface area (Å²) < 4.78 is 0. The van der Waals surface area contributed by atoms with Gasteiger partial charge in [-0.2, -0.15) is 9.97 Å². The zero-order valence-electron chi connectivity index (χ0n) is 17.1. The standard InChI is InChI=1S/C20H28N8OS/c29-18(15-30-20-23-6-5-7-24-20)22-9-8-21-16-14-17(27-10-1-2-11-27)26-19(25-16)28-12-3-4-13-28/h5-7,14H,1-4,8-13,15H2,(H,22,29)(H,21,25,26). The Bertz CT molecular complexity index is 791. The Kier molecular flexibility index (Phi) is 7.17. The van der Waals surface area contributed by atoms with E-state index in [2.05, 4.69) is 30.4 Å². The lowest BCUT2D eigenvalue weighted by atomic mass is 10.4. The summed E-state index contributed by atoms with van der Waals surface area (Å²) in [5.74, 6) is 2.89. The number of nitrogens with zero attached hydrogens (tertiary/aromatic N) is 6. The second kappa shape index (κ2) is 10.4. The van der Waals surface area contributed by atoms with Gasteiger partial charge in [-0.05, 0) is 31.7 Å². The van der Waals surface area contributed by atoms with Gasteiger partial charge >= 0.3 is 0 Å². The van der Waals surface area contributed by atoms with E-state index in [-0.39, 0.29) is 5.91 Å². The fourth-order valence-corrected chi connectivity index (χ4v) is 4.25. The van der Waals surface area contributed by atoms with Crippen LogP contribution in [-0.2, 0) is 4.79 Å². The van der Waals surface area contributed by atoms with Crippen molar-refractivity contribution in [2.75, 3.05) is 60.1 Å². The molecule has 0 aromatic carbocycles. The second-order valence-corrected chi connectivity index (χ2v) is 8.34. The molecule has 2 aromatic heterocycles. The predicted octanol–water partition coefficient (Wildman–Crippen LogP) is 1.79. The normalized spacial score (nSPS) is 16.1. The minimum atomic E-state index is -0.0348. The van der Waals surface area contributed by atoms with Gasteiger partial charge in [0.1, 0.15) is 11.6 Å². The van der Waals surface area contributed by atoms with Crippen molar-refractivity contribution in [3.8, 4) is 0 Å². The van der Waals surface area contributed by atoms with Gasteiger partial charge < -0.3 is 20.4 Å². The summed E-state index contributed by atoms with van der Waals surface area (Å²) >= 11 is 1.33. The molecule has 2 aliphatic rings. The van der Waals surface area contributed by atoms with Gasteiger partial charge in [0.25, 0.3) is 0 Å². The largest absolute Gasteiger partial charge is 0.368 e. The first kappa shape index (κ1) is 20.6. The van der Waals surface area contributed by atoms with Gasteiger partial charge in [0.15, 0.2) is 5.16 Å². The molecule has 2 N–H and O–H groups in total. The number of hydrogen-bond donors (Lipinski definition) is 2. The summed E-state index contributed by atoms with van der Waals surface area (Å²) in [6.45, 7) is 5.26. The molecule has 1 amide bonds. The van der Waals surface area contributed by atoms with Crippen LogP contribution in [0.1, 0.15) is 25.7 Å². The van der Waals surface area contributed by atoms with Gasteiger partial charge in [0.05, 0.1) is 5.75 Å². The molecule has 0 aliphatic carbocycles. The monoisotopic (exact) mass is 428 g/mol. The molecule has 4 rings (SSSR count). The highest BCUT2D eigenvalue weighted by Crippen LogP contribution is 2.25. The van der Waals surface area contributed by atoms with Crippen LogP contribution in [0.3, 0.4) is 0 Å². The number of nitrogens with one attached hydrogen (secondary N) is 2. The van der Waals surface area contributed by atoms with Gasteiger partial charge in [0.2, 0.25) is 11.9 Å². The van der Waals surface area contributed by atoms with Crippen LogP contribution < -0.4 is 20.4 Å². The first-order valence-electron chi connectivity index (χ1n) is 10.6. The molecule has 160 valence electrons. The van der Waals surface area contributed by atoms with Gasteiger partial charge in [-0.15, -0.1) is 0 Å². The molecular weight excluding hydrogens is 400 g/mol. The van der Waals surface area contributed by atoms with Crippen LogP contribution in [0.5, 0.6) is 0 Å². The highest BCUT2D eigenvalue weighted by molar-refractivity contribution is 7.99. The Morgan fingerprint density at radius 2 is 1.67 bits per heavy atom. The number of hydrogen-bond acceptors (Lipinski definition) is 9. The molecule has 9 nitrogen and oxygen atoms in total. The number of thioether (sulfide) groups is 1. The molecule has 0 radical (unpaired) electrons. The number of anilines is 3. The lowest BCUT2D eigenvalue weighted by molar-refractivity contribution is -0.118. The van der Waals surface area contributed by atoms with Gasteiger partial charge in [0, 0.05) is 57.7 Å². The molecule has 2 aliphatic heterocycles. The molecule has 2 saturated heterocycles. The van der Waals surface area contributed by atoms with Crippen LogP contribution in [0, 0.1) is 0 Å². The molecule has 0 saturated carbocycles. The minimum absolute atomic E-state index is 0.0348. The van der Waals surface area contributed by atoms with Crippen molar-refractivity contribution in [2.24, 2.45) is 0 Å². The van der Waals surface area contributed by atoms with Crippen molar-refractivity contribution in [3.63, 3.8) is 0 Å². The lowest BCUT2D eigenvalue weighted by Crippen LogP contribution is -2.30. The number of aromatic nitrogens is 4. The Labute approximate surface area is 181 Å². The number of rotatable bonds is 9. The van der Waals surface area contributed by atoms with Crippen molar-refractivity contribution in [2.45, 2.75) is 30.8 Å². The van der Waals surface area contributed by atoms with E-state index in [1.54, 1.807) is 18.5 Å². The summed E-state index contributed by atoms with van der Waals surface area (Å²) in [4.78, 5) is 34.4. The molecule has 0 spiro atoms. The molecule has 0 atom stereocenters. The van der Waals surface area contributed by atoms with E-state index in [0.29, 0.717) is 24.0 Å². The van der Waals surface area contributed by atoms with Crippen LogP contribution in [0.25, 0.3) is 0 Å². The summed E-state index contributed by atoms with van der Waals surface area (Å²) in [7, 11) is 0. The third-order valence-electron chi connectivity index (χ3n) is 5.15. The zero-order valence-corrected chi connectivity index (χ0v) is 17.9. The number of amides is 1. The van der Waals surface area contributed by atoms with Crippen molar-refractivity contribution >= 4 is 35.3 Å². The van der Waals surface area contributed by atoms with Gasteiger partial charge in [-0.1, -0.05) is 11.8 Å². The first-order chi connectivity index (χ1) is 14.8. The van der Waals surface area contributed by atoms with Gasteiger partial charge in [-0.3, -0.25) is 4.79 Å². The van der Waals surface area contributed by atoms with Gasteiger partial charge in [-0.25, -0.2) is 9.97 Å². The Balaban J connectivity index is 1.28. The molecule has 30 heavy (non-hydrogen) atoms. The molecule has 0 bridgehead atoms. The van der Waals surface area contributed by atoms with E-state index in [9.17, 15) is 4.79 Å². The zero-order chi connectivity index (χ0) is 20.6. The molecule has 0 unspecified atom stereocenters. The maximum Gasteiger partial charge on any atom is 0.230 e. The average Bonchev–Trinajstić information content (AvgIpc) is 3.50. The Morgan fingerprint density at radius 3 is 2.40 bits per heavy atom. The van der Waals surface area contributed by atoms with Crippen LogP contribution in [-0.4, -0.2) is 70.9 Å². The Hall–Kier alpha value is -2.62. The van der Waals surface area contributed by atoms with E-state index in [4.69, 9.17) is 9.97 Å². The predicted molar refractivity (Wildman–Crippen MR) is 119 cm³/mol. The van der Waals surface area contributed by atoms with Crippen molar-refractivity contribution in [1.82, 2.24) is 25.3 Å². The number of carbonyl (C=O) groups excluding carboxylic acids is 1. The lowest BCUT2D eigenvalue weighted by Gasteiger charge is -2.22. The van der Waals surface area contributed by atoms with E-state index in [0.717, 1.165) is 43.8 Å². The smallest absolute Gasteiger partial charge is 0.230 e. The highest BCUT2D eigenvalue weighted by atomic mass is 32.2. The van der Waals surface area contributed by atoms with E-state index in [1.807, 2.05) is 6.07 Å². The third-order valence-corrected chi connectivity index (χ3v) is 6.02. The average molecular weight is 429 g/mol. The third kappa shape index (κ3) is 5.71. The van der Waals surface area contributed by atoms with Crippen molar-refractivity contribution in [1.29, 1.82) is 0 Å². The van der Waals surface area contributed by atoms with Crippen LogP contribution in [0.2, 0.25) is 0 Å². The minimum Gasteiger partial charge on any atom is -0.368 e.